The first-order valence-corrected chi connectivity index (χ1v) is 7.14. The Labute approximate surface area is 58.7 Å². The minimum Gasteiger partial charge on any atom is -0.127 e. The van der Waals surface area contributed by atoms with E-state index in [1.54, 1.807) is 0 Å². The molecule has 0 aliphatic carbocycles. The van der Waals surface area contributed by atoms with Crippen molar-refractivity contribution < 1.29 is 0 Å². The zero-order valence-electron chi connectivity index (χ0n) is 6.03. The van der Waals surface area contributed by atoms with E-state index in [1.165, 1.54) is 18.1 Å². The first-order valence-electron chi connectivity index (χ1n) is 3.39. The van der Waals surface area contributed by atoms with Crippen molar-refractivity contribution in [3.05, 3.63) is 0 Å². The molecule has 0 amide bonds. The molecule has 0 aromatic heterocycles. The molecule has 0 spiro atoms. The molecule has 0 aromatic carbocycles. The summed E-state index contributed by atoms with van der Waals surface area (Å²) in [5.74, 6) is 0. The lowest BCUT2D eigenvalue weighted by atomic mass is 10.9. The van der Waals surface area contributed by atoms with Crippen molar-refractivity contribution in [2.75, 3.05) is 0 Å². The van der Waals surface area contributed by atoms with Crippen LogP contribution < -0.4 is 0 Å². The highest BCUT2D eigenvalue weighted by Gasteiger charge is 2.21. The van der Waals surface area contributed by atoms with Crippen LogP contribution >= 0.6 is 12.1 Å². The second-order valence-corrected chi connectivity index (χ2v) is 9.33. The molecule has 0 saturated carbocycles. The maximum Gasteiger partial charge on any atom is 0.129 e. The summed E-state index contributed by atoms with van der Waals surface area (Å²) >= 11 is 5.44. The van der Waals surface area contributed by atoms with E-state index in [1.807, 2.05) is 0 Å². The minimum absolute atomic E-state index is 1.09. The minimum atomic E-state index is -1.09. The van der Waals surface area contributed by atoms with Crippen LogP contribution in [0.25, 0.3) is 0 Å². The lowest BCUT2D eigenvalue weighted by Gasteiger charge is -2.17. The van der Waals surface area contributed by atoms with Gasteiger partial charge in [0.05, 0.1) is 0 Å². The standard InChI is InChI=1S/C6H15SSi/c1-4-8(7,5-2)6-3/h4-6H2,1-3H3. The highest BCUT2D eigenvalue weighted by molar-refractivity contribution is 8.14. The molecule has 0 unspecified atom stereocenters. The van der Waals surface area contributed by atoms with Gasteiger partial charge in [0.1, 0.15) is 7.22 Å². The molecule has 0 atom stereocenters. The Kier molecular flexibility index (Phi) is 3.82. The van der Waals surface area contributed by atoms with Gasteiger partial charge in [0, 0.05) is 0 Å². The van der Waals surface area contributed by atoms with Gasteiger partial charge in [0.2, 0.25) is 0 Å². The molecule has 49 valence electrons. The second-order valence-electron chi connectivity index (χ2n) is 2.24. The number of rotatable bonds is 3. The fourth-order valence-electron chi connectivity index (χ4n) is 0.750. The second kappa shape index (κ2) is 3.57. The molecule has 0 saturated heterocycles. The molecule has 2 heteroatoms. The van der Waals surface area contributed by atoms with Crippen LogP contribution in [0.15, 0.2) is 0 Å². The van der Waals surface area contributed by atoms with Gasteiger partial charge in [-0.2, -0.15) is 0 Å². The molecule has 0 bridgehead atoms. The van der Waals surface area contributed by atoms with Gasteiger partial charge in [-0.1, -0.05) is 38.9 Å². The summed E-state index contributed by atoms with van der Waals surface area (Å²) in [6, 6.07) is 3.82. The van der Waals surface area contributed by atoms with Gasteiger partial charge < -0.3 is 0 Å². The van der Waals surface area contributed by atoms with Gasteiger partial charge >= 0.3 is 0 Å². The van der Waals surface area contributed by atoms with E-state index >= 15 is 0 Å². The van der Waals surface area contributed by atoms with Crippen molar-refractivity contribution in [2.24, 2.45) is 0 Å². The van der Waals surface area contributed by atoms with Crippen LogP contribution in [0.4, 0.5) is 0 Å². The van der Waals surface area contributed by atoms with Gasteiger partial charge in [-0.3, -0.25) is 0 Å². The van der Waals surface area contributed by atoms with E-state index < -0.39 is 7.22 Å². The molecular weight excluding hydrogens is 132 g/mol. The highest BCUT2D eigenvalue weighted by Crippen LogP contribution is 2.23. The van der Waals surface area contributed by atoms with Crippen molar-refractivity contribution in [1.82, 2.24) is 0 Å². The zero-order chi connectivity index (χ0) is 6.62. The lowest BCUT2D eigenvalue weighted by Crippen LogP contribution is -2.22. The Morgan fingerprint density at radius 1 is 1.00 bits per heavy atom. The lowest BCUT2D eigenvalue weighted by molar-refractivity contribution is 1.23. The summed E-state index contributed by atoms with van der Waals surface area (Å²) in [5.41, 5.74) is 0. The van der Waals surface area contributed by atoms with E-state index in [0.29, 0.717) is 0 Å². The quantitative estimate of drug-likeness (QED) is 0.538. The molecule has 8 heavy (non-hydrogen) atoms. The smallest absolute Gasteiger partial charge is 0.127 e. The van der Waals surface area contributed by atoms with Crippen LogP contribution in [0.3, 0.4) is 0 Å². The first-order chi connectivity index (χ1) is 3.68. The normalized spacial score (nSPS) is 12.0. The summed E-state index contributed by atoms with van der Waals surface area (Å²) in [7, 11) is -1.09. The van der Waals surface area contributed by atoms with Crippen LogP contribution in [0.1, 0.15) is 20.8 Å². The summed E-state index contributed by atoms with van der Waals surface area (Å²) < 4.78 is 0. The third-order valence-corrected chi connectivity index (χ3v) is 8.40. The van der Waals surface area contributed by atoms with Crippen molar-refractivity contribution >= 4 is 19.3 Å². The third-order valence-electron chi connectivity index (χ3n) is 1.93. The van der Waals surface area contributed by atoms with Gasteiger partial charge in [-0.05, 0) is 0 Å². The summed E-state index contributed by atoms with van der Waals surface area (Å²) in [6.07, 6.45) is 0. The van der Waals surface area contributed by atoms with Crippen molar-refractivity contribution in [3.63, 3.8) is 0 Å². The molecule has 0 nitrogen and oxygen atoms in total. The van der Waals surface area contributed by atoms with Crippen LogP contribution in [0.5, 0.6) is 0 Å². The van der Waals surface area contributed by atoms with E-state index in [-0.39, 0.29) is 0 Å². The number of hydrogen-bond acceptors (Lipinski definition) is 0. The maximum atomic E-state index is 5.44. The first kappa shape index (κ1) is 8.57. The SMILES string of the molecule is CC[Si]([S])(CC)CC. The van der Waals surface area contributed by atoms with Crippen molar-refractivity contribution in [3.8, 4) is 0 Å². The fraction of sp³-hybridized carbons (Fsp3) is 1.00. The molecule has 0 aliphatic heterocycles. The summed E-state index contributed by atoms with van der Waals surface area (Å²) in [4.78, 5) is 0. The topological polar surface area (TPSA) is 0 Å². The van der Waals surface area contributed by atoms with E-state index in [0.717, 1.165) is 0 Å². The Morgan fingerprint density at radius 2 is 1.25 bits per heavy atom. The molecule has 0 N–H and O–H groups in total. The van der Waals surface area contributed by atoms with Gasteiger partial charge in [-0.25, -0.2) is 0 Å². The Balaban J connectivity index is 3.58. The van der Waals surface area contributed by atoms with Crippen molar-refractivity contribution in [2.45, 2.75) is 38.9 Å². The van der Waals surface area contributed by atoms with Gasteiger partial charge in [0.15, 0.2) is 0 Å². The van der Waals surface area contributed by atoms with Gasteiger partial charge in [0.25, 0.3) is 0 Å². The Hall–Kier alpha value is 0.567. The van der Waals surface area contributed by atoms with Crippen LogP contribution in [-0.4, -0.2) is 7.22 Å². The molecule has 0 fully saturated rings. The maximum absolute atomic E-state index is 5.44. The molecule has 0 heterocycles. The van der Waals surface area contributed by atoms with Crippen LogP contribution in [0.2, 0.25) is 18.1 Å². The molecule has 1 radical (unpaired) electrons. The van der Waals surface area contributed by atoms with E-state index in [4.69, 9.17) is 12.1 Å². The fourth-order valence-corrected chi connectivity index (χ4v) is 2.25. The Bertz CT molecular complexity index is 51.3. The molecule has 0 rings (SSSR count). The van der Waals surface area contributed by atoms with Crippen molar-refractivity contribution in [1.29, 1.82) is 0 Å². The van der Waals surface area contributed by atoms with Crippen LogP contribution in [0, 0.1) is 0 Å². The van der Waals surface area contributed by atoms with E-state index in [2.05, 4.69) is 20.8 Å². The summed E-state index contributed by atoms with van der Waals surface area (Å²) in [5, 5.41) is 0. The predicted octanol–water partition coefficient (Wildman–Crippen LogP) is 3.19. The molecule has 0 aliphatic rings. The zero-order valence-corrected chi connectivity index (χ0v) is 7.85. The van der Waals surface area contributed by atoms with Gasteiger partial charge in [-0.15, -0.1) is 12.1 Å². The molecule has 0 aromatic rings. The predicted molar refractivity (Wildman–Crippen MR) is 44.8 cm³/mol. The summed E-state index contributed by atoms with van der Waals surface area (Å²) in [6.45, 7) is 6.69. The largest absolute Gasteiger partial charge is 0.129 e. The third kappa shape index (κ3) is 2.22. The van der Waals surface area contributed by atoms with E-state index in [9.17, 15) is 0 Å². The Morgan fingerprint density at radius 3 is 1.25 bits per heavy atom. The molecular formula is C6H15SSi. The number of hydrogen-bond donors (Lipinski definition) is 0. The average molecular weight is 147 g/mol. The average Bonchev–Trinajstić information content (AvgIpc) is 1.87. The highest BCUT2D eigenvalue weighted by atomic mass is 32.3. The van der Waals surface area contributed by atoms with Crippen LogP contribution in [-0.2, 0) is 0 Å². The monoisotopic (exact) mass is 147 g/mol.